The number of nitrogens with zero attached hydrogens (tertiary/aromatic N) is 2. The SMILES string of the molecule is CC(C)(C)OC(=O)NC1CC(F)(F)c2cc(F)c(-c3cncc(C(C)(C)C)c3)cc2N(Cc2ccc(Cl)cc2)C1=O.N. The van der Waals surface area contributed by atoms with Crippen molar-refractivity contribution in [1.82, 2.24) is 16.5 Å². The van der Waals surface area contributed by atoms with Crippen LogP contribution in [0, 0.1) is 5.82 Å². The molecule has 2 aromatic carbocycles. The van der Waals surface area contributed by atoms with Gasteiger partial charge in [0, 0.05) is 40.5 Å². The number of alkyl carbamates (subject to hydrolysis) is 1. The molecule has 1 aliphatic heterocycles. The van der Waals surface area contributed by atoms with Crippen molar-refractivity contribution in [1.29, 1.82) is 0 Å². The topological polar surface area (TPSA) is 107 Å². The number of fused-ring (bicyclic) bond motifs is 1. The summed E-state index contributed by atoms with van der Waals surface area (Å²) in [7, 11) is 0. The van der Waals surface area contributed by atoms with E-state index in [0.717, 1.165) is 16.5 Å². The Labute approximate surface area is 249 Å². The number of pyridine rings is 1. The van der Waals surface area contributed by atoms with E-state index in [0.29, 0.717) is 16.1 Å². The zero-order valence-corrected chi connectivity index (χ0v) is 25.3. The van der Waals surface area contributed by atoms with E-state index in [4.69, 9.17) is 16.3 Å². The third-order valence-corrected chi connectivity index (χ3v) is 6.91. The Morgan fingerprint density at radius 1 is 1.10 bits per heavy atom. The molecule has 42 heavy (non-hydrogen) atoms. The molecule has 0 saturated heterocycles. The molecule has 2 amide bonds. The van der Waals surface area contributed by atoms with Crippen LogP contribution in [0.25, 0.3) is 11.1 Å². The van der Waals surface area contributed by atoms with Gasteiger partial charge in [-0.15, -0.1) is 0 Å². The molecule has 0 aliphatic carbocycles. The molecule has 1 atom stereocenters. The second kappa shape index (κ2) is 11.9. The van der Waals surface area contributed by atoms with Gasteiger partial charge < -0.3 is 21.1 Å². The minimum Gasteiger partial charge on any atom is -0.444 e. The first-order valence-electron chi connectivity index (χ1n) is 13.2. The van der Waals surface area contributed by atoms with E-state index in [1.165, 1.54) is 12.3 Å². The third-order valence-electron chi connectivity index (χ3n) is 6.66. The van der Waals surface area contributed by atoms with Gasteiger partial charge in [-0.2, -0.15) is 0 Å². The lowest BCUT2D eigenvalue weighted by Crippen LogP contribution is -2.49. The van der Waals surface area contributed by atoms with Crippen molar-refractivity contribution in [3.05, 3.63) is 82.4 Å². The number of ether oxygens (including phenoxy) is 1. The summed E-state index contributed by atoms with van der Waals surface area (Å²) in [5.41, 5.74) is -0.216. The number of halogens is 4. The number of hydrogen-bond donors (Lipinski definition) is 2. The van der Waals surface area contributed by atoms with Gasteiger partial charge in [0.2, 0.25) is 5.91 Å². The molecule has 2 heterocycles. The molecule has 1 aliphatic rings. The second-order valence-corrected chi connectivity index (χ2v) is 12.7. The summed E-state index contributed by atoms with van der Waals surface area (Å²) in [5.74, 6) is -5.33. The average molecular weight is 605 g/mol. The molecule has 11 heteroatoms. The molecule has 0 fully saturated rings. The lowest BCUT2D eigenvalue weighted by molar-refractivity contribution is -0.123. The molecule has 1 aromatic heterocycles. The fourth-order valence-electron chi connectivity index (χ4n) is 4.56. The number of benzene rings is 2. The molecular weight excluding hydrogens is 569 g/mol. The van der Waals surface area contributed by atoms with Gasteiger partial charge in [0.15, 0.2) is 0 Å². The standard InChI is InChI=1S/C31H33ClF3N3O3.H3N/c1-29(2,3)20-11-19(15-36-16-20)22-12-26-23(13-24(22)33)31(34,35)14-25(37-28(40)41-30(4,5)6)27(39)38(26)17-18-7-9-21(32)10-8-18;/h7-13,15-16,25H,14,17H2,1-6H3,(H,37,40);1H3. The van der Waals surface area contributed by atoms with Crippen molar-refractivity contribution < 1.29 is 27.5 Å². The fraction of sp³-hybridized carbons (Fsp3) is 0.387. The van der Waals surface area contributed by atoms with Crippen LogP contribution in [0.2, 0.25) is 5.02 Å². The van der Waals surface area contributed by atoms with Gasteiger partial charge in [0.05, 0.1) is 12.2 Å². The Morgan fingerprint density at radius 2 is 1.74 bits per heavy atom. The average Bonchev–Trinajstić information content (AvgIpc) is 2.92. The van der Waals surface area contributed by atoms with Crippen molar-refractivity contribution >= 4 is 29.3 Å². The zero-order chi connectivity index (χ0) is 30.3. The highest BCUT2D eigenvalue weighted by Crippen LogP contribution is 2.45. The second-order valence-electron chi connectivity index (χ2n) is 12.2. The van der Waals surface area contributed by atoms with Crippen molar-refractivity contribution in [2.45, 2.75) is 77.5 Å². The number of amides is 2. The van der Waals surface area contributed by atoms with Crippen LogP contribution >= 0.6 is 11.6 Å². The number of hydrogen-bond acceptors (Lipinski definition) is 5. The van der Waals surface area contributed by atoms with Crippen LogP contribution < -0.4 is 16.4 Å². The predicted molar refractivity (Wildman–Crippen MR) is 158 cm³/mol. The summed E-state index contributed by atoms with van der Waals surface area (Å²) >= 11 is 6.02. The quantitative estimate of drug-likeness (QED) is 0.314. The van der Waals surface area contributed by atoms with E-state index < -0.39 is 47.4 Å². The van der Waals surface area contributed by atoms with Crippen molar-refractivity contribution in [3.8, 4) is 11.1 Å². The van der Waals surface area contributed by atoms with Gasteiger partial charge in [-0.3, -0.25) is 9.78 Å². The molecule has 0 radical (unpaired) electrons. The minimum atomic E-state index is -3.66. The first-order valence-corrected chi connectivity index (χ1v) is 13.6. The number of carbonyl (C=O) groups is 2. The summed E-state index contributed by atoms with van der Waals surface area (Å²) in [6, 6.07) is 8.70. The maximum atomic E-state index is 15.8. The lowest BCUT2D eigenvalue weighted by Gasteiger charge is -2.27. The van der Waals surface area contributed by atoms with Crippen LogP contribution in [0.5, 0.6) is 0 Å². The van der Waals surface area contributed by atoms with Gasteiger partial charge in [-0.25, -0.2) is 18.0 Å². The number of anilines is 1. The lowest BCUT2D eigenvalue weighted by atomic mass is 9.86. The fourth-order valence-corrected chi connectivity index (χ4v) is 4.68. The normalized spacial score (nSPS) is 16.7. The zero-order valence-electron chi connectivity index (χ0n) is 24.5. The third kappa shape index (κ3) is 7.41. The molecule has 3 aromatic rings. The predicted octanol–water partition coefficient (Wildman–Crippen LogP) is 7.92. The molecule has 4 rings (SSSR count). The first-order chi connectivity index (χ1) is 18.9. The maximum absolute atomic E-state index is 15.8. The minimum absolute atomic E-state index is 0. The van der Waals surface area contributed by atoms with Crippen LogP contribution in [-0.4, -0.2) is 28.6 Å². The Morgan fingerprint density at radius 3 is 2.33 bits per heavy atom. The van der Waals surface area contributed by atoms with Gasteiger partial charge in [0.1, 0.15) is 17.5 Å². The Bertz CT molecular complexity index is 1470. The molecule has 4 N–H and O–H groups in total. The Kier molecular flexibility index (Phi) is 9.34. The molecule has 1 unspecified atom stereocenters. The molecule has 226 valence electrons. The number of carbonyl (C=O) groups excluding carboxylic acids is 2. The molecule has 0 spiro atoms. The number of nitrogens with one attached hydrogen (secondary N) is 1. The van der Waals surface area contributed by atoms with Gasteiger partial charge in [0.25, 0.3) is 5.92 Å². The van der Waals surface area contributed by atoms with Crippen molar-refractivity contribution in [2.24, 2.45) is 0 Å². The first kappa shape index (κ1) is 32.9. The van der Waals surface area contributed by atoms with Gasteiger partial charge >= 0.3 is 6.09 Å². The monoisotopic (exact) mass is 604 g/mol. The highest BCUT2D eigenvalue weighted by atomic mass is 35.5. The molecular formula is C31H36ClF3N4O3. The Hall–Kier alpha value is -3.63. The molecule has 0 saturated carbocycles. The molecule has 7 nitrogen and oxygen atoms in total. The van der Waals surface area contributed by atoms with Crippen molar-refractivity contribution in [3.63, 3.8) is 0 Å². The highest BCUT2D eigenvalue weighted by molar-refractivity contribution is 6.30. The van der Waals surface area contributed by atoms with E-state index in [1.54, 1.807) is 57.3 Å². The van der Waals surface area contributed by atoms with Gasteiger partial charge in [-0.1, -0.05) is 44.5 Å². The molecule has 0 bridgehead atoms. The Balaban J connectivity index is 0.00000484. The summed E-state index contributed by atoms with van der Waals surface area (Å²) in [5, 5.41) is 2.77. The van der Waals surface area contributed by atoms with Crippen LogP contribution in [0.1, 0.15) is 64.7 Å². The van der Waals surface area contributed by atoms with Crippen LogP contribution in [0.3, 0.4) is 0 Å². The summed E-state index contributed by atoms with van der Waals surface area (Å²) in [6.45, 7) is 10.7. The van der Waals surface area contributed by atoms with E-state index in [2.05, 4.69) is 10.3 Å². The number of alkyl halides is 2. The highest BCUT2D eigenvalue weighted by Gasteiger charge is 2.47. The van der Waals surface area contributed by atoms with Gasteiger partial charge in [-0.05, 0) is 67.6 Å². The van der Waals surface area contributed by atoms with E-state index in [1.807, 2.05) is 20.8 Å². The largest absolute Gasteiger partial charge is 0.444 e. The van der Waals surface area contributed by atoms with E-state index in [-0.39, 0.29) is 29.4 Å². The van der Waals surface area contributed by atoms with E-state index in [9.17, 15) is 9.59 Å². The van der Waals surface area contributed by atoms with Crippen LogP contribution in [0.15, 0.2) is 54.9 Å². The summed E-state index contributed by atoms with van der Waals surface area (Å²) in [6.07, 6.45) is 1.03. The van der Waals surface area contributed by atoms with Crippen molar-refractivity contribution in [2.75, 3.05) is 4.90 Å². The number of aromatic nitrogens is 1. The van der Waals surface area contributed by atoms with E-state index >= 15 is 13.2 Å². The van der Waals surface area contributed by atoms with Crippen LogP contribution in [0.4, 0.5) is 23.7 Å². The van der Waals surface area contributed by atoms with Crippen LogP contribution in [-0.2, 0) is 27.4 Å². The number of rotatable bonds is 4. The smallest absolute Gasteiger partial charge is 0.408 e. The summed E-state index contributed by atoms with van der Waals surface area (Å²) < 4.78 is 52.4. The maximum Gasteiger partial charge on any atom is 0.408 e. The summed E-state index contributed by atoms with van der Waals surface area (Å²) in [4.78, 5) is 31.8.